The summed E-state index contributed by atoms with van der Waals surface area (Å²) < 4.78 is 24.2. The Kier molecular flexibility index (Phi) is 3.15. The predicted octanol–water partition coefficient (Wildman–Crippen LogP) is 3.94. The van der Waals surface area contributed by atoms with Crippen LogP contribution in [0, 0.1) is 12.8 Å². The summed E-state index contributed by atoms with van der Waals surface area (Å²) in [5.74, 6) is 1.97. The van der Waals surface area contributed by atoms with Crippen molar-refractivity contribution in [2.24, 2.45) is 5.92 Å². The number of methoxy groups -OCH3 is 2. The second-order valence-corrected chi connectivity index (χ2v) is 7.95. The number of benzene rings is 1. The van der Waals surface area contributed by atoms with E-state index in [2.05, 4.69) is 26.0 Å². The molecule has 0 radical (unpaired) electrons. The summed E-state index contributed by atoms with van der Waals surface area (Å²) >= 11 is 0. The van der Waals surface area contributed by atoms with E-state index < -0.39 is 5.79 Å². The molecule has 25 heavy (non-hydrogen) atoms. The van der Waals surface area contributed by atoms with Gasteiger partial charge in [-0.25, -0.2) is 0 Å². The quantitative estimate of drug-likeness (QED) is 0.763. The maximum atomic E-state index is 6.27. The van der Waals surface area contributed by atoms with Crippen LogP contribution in [0.15, 0.2) is 12.2 Å². The topological polar surface area (TPSA) is 36.9 Å². The molecule has 0 unspecified atom stereocenters. The van der Waals surface area contributed by atoms with Gasteiger partial charge in [-0.05, 0) is 31.2 Å². The minimum atomic E-state index is -0.621. The number of fused-ring (bicyclic) bond motifs is 2. The van der Waals surface area contributed by atoms with E-state index in [-0.39, 0.29) is 5.41 Å². The van der Waals surface area contributed by atoms with E-state index in [4.69, 9.17) is 18.9 Å². The highest BCUT2D eigenvalue weighted by Crippen LogP contribution is 2.65. The number of hydrogen-bond acceptors (Lipinski definition) is 4. The minimum Gasteiger partial charge on any atom is -0.493 e. The molecule has 134 valence electrons. The smallest absolute Gasteiger partial charge is 0.195 e. The molecule has 3 atom stereocenters. The summed E-state index contributed by atoms with van der Waals surface area (Å²) in [6, 6.07) is 0. The molecule has 4 heteroatoms. The largest absolute Gasteiger partial charge is 0.493 e. The van der Waals surface area contributed by atoms with Gasteiger partial charge >= 0.3 is 0 Å². The van der Waals surface area contributed by atoms with Gasteiger partial charge in [0.15, 0.2) is 17.3 Å². The first-order chi connectivity index (χ1) is 12.1. The van der Waals surface area contributed by atoms with Gasteiger partial charge in [0.1, 0.15) is 0 Å². The molecule has 1 aromatic rings. The van der Waals surface area contributed by atoms with Crippen LogP contribution in [0.25, 0.3) is 0 Å². The Bertz CT molecular complexity index is 775. The van der Waals surface area contributed by atoms with Gasteiger partial charge in [-0.2, -0.15) is 0 Å². The average Bonchev–Trinajstić information content (AvgIpc) is 3.09. The molecule has 1 saturated heterocycles. The van der Waals surface area contributed by atoms with Gasteiger partial charge < -0.3 is 18.9 Å². The Labute approximate surface area is 149 Å². The average molecular weight is 342 g/mol. The molecule has 2 bridgehead atoms. The van der Waals surface area contributed by atoms with Crippen LogP contribution in [-0.2, 0) is 20.7 Å². The van der Waals surface area contributed by atoms with E-state index in [1.807, 2.05) is 0 Å². The molecule has 0 saturated carbocycles. The van der Waals surface area contributed by atoms with Crippen molar-refractivity contribution in [2.75, 3.05) is 27.4 Å². The fourth-order valence-electron chi connectivity index (χ4n) is 5.98. The van der Waals surface area contributed by atoms with Crippen molar-refractivity contribution < 1.29 is 18.9 Å². The molecule has 1 aromatic carbocycles. The lowest BCUT2D eigenvalue weighted by Gasteiger charge is -2.55. The van der Waals surface area contributed by atoms with Crippen LogP contribution in [0.3, 0.4) is 0 Å². The fraction of sp³-hybridized carbons (Fsp3) is 0.619. The van der Waals surface area contributed by atoms with Crippen LogP contribution in [0.2, 0.25) is 0 Å². The van der Waals surface area contributed by atoms with Crippen molar-refractivity contribution >= 4 is 0 Å². The lowest BCUT2D eigenvalue weighted by atomic mass is 9.51. The third kappa shape index (κ3) is 1.70. The van der Waals surface area contributed by atoms with E-state index >= 15 is 0 Å². The van der Waals surface area contributed by atoms with E-state index in [0.717, 1.165) is 23.5 Å². The highest BCUT2D eigenvalue weighted by Gasteiger charge is 2.58. The maximum Gasteiger partial charge on any atom is 0.195 e. The van der Waals surface area contributed by atoms with Gasteiger partial charge in [0, 0.05) is 34.4 Å². The Morgan fingerprint density at radius 3 is 2.40 bits per heavy atom. The summed E-state index contributed by atoms with van der Waals surface area (Å²) in [6.07, 6.45) is 8.11. The van der Waals surface area contributed by atoms with Gasteiger partial charge in [0.25, 0.3) is 0 Å². The molecule has 0 aromatic heterocycles. The van der Waals surface area contributed by atoms with E-state index in [0.29, 0.717) is 25.0 Å². The molecular formula is C21H26O4. The second-order valence-electron chi connectivity index (χ2n) is 7.95. The van der Waals surface area contributed by atoms with E-state index in [1.165, 1.54) is 29.5 Å². The van der Waals surface area contributed by atoms with E-state index in [1.54, 1.807) is 14.2 Å². The lowest BCUT2D eigenvalue weighted by Crippen LogP contribution is -2.50. The zero-order valence-electron chi connectivity index (χ0n) is 15.5. The molecule has 1 fully saturated rings. The SMILES string of the molecule is COc1c(C)c2c3c(c1OC)[C@H]1C=C[C@@]3(CC1)[C@@H](C)CC21OCCO1. The van der Waals surface area contributed by atoms with Gasteiger partial charge in [-0.1, -0.05) is 19.1 Å². The van der Waals surface area contributed by atoms with Crippen molar-refractivity contribution in [3.63, 3.8) is 0 Å². The summed E-state index contributed by atoms with van der Waals surface area (Å²) in [7, 11) is 3.48. The Morgan fingerprint density at radius 2 is 1.80 bits per heavy atom. The molecule has 1 heterocycles. The van der Waals surface area contributed by atoms with Crippen LogP contribution in [0.5, 0.6) is 11.5 Å². The molecule has 0 N–H and O–H groups in total. The van der Waals surface area contributed by atoms with Crippen molar-refractivity contribution in [3.8, 4) is 11.5 Å². The molecule has 6 rings (SSSR count). The Morgan fingerprint density at radius 1 is 1.08 bits per heavy atom. The fourth-order valence-corrected chi connectivity index (χ4v) is 5.98. The normalized spacial score (nSPS) is 33.6. The molecule has 2 spiro atoms. The molecule has 4 nitrogen and oxygen atoms in total. The van der Waals surface area contributed by atoms with Gasteiger partial charge in [-0.15, -0.1) is 0 Å². The minimum absolute atomic E-state index is 0.0737. The monoisotopic (exact) mass is 342 g/mol. The molecule has 5 aliphatic rings. The van der Waals surface area contributed by atoms with Crippen molar-refractivity contribution in [3.05, 3.63) is 34.4 Å². The van der Waals surface area contributed by atoms with Crippen molar-refractivity contribution in [1.29, 1.82) is 0 Å². The van der Waals surface area contributed by atoms with Crippen molar-refractivity contribution in [2.45, 2.75) is 50.2 Å². The third-order valence-electron chi connectivity index (χ3n) is 7.01. The molecule has 0 amide bonds. The van der Waals surface area contributed by atoms with Crippen molar-refractivity contribution in [1.82, 2.24) is 0 Å². The van der Waals surface area contributed by atoms with Crippen LogP contribution < -0.4 is 9.47 Å². The standard InChI is InChI=1S/C21H26O4/c1-12-11-21(24-9-10-25-21)16-13(2)18(22-3)19(23-4)15-14-5-7-20(12,8-6-14)17(15)16/h5,7,12,14H,6,8-11H2,1-4H3/t12-,14-,20+/m0/s1. The summed E-state index contributed by atoms with van der Waals surface area (Å²) in [5, 5.41) is 0. The first-order valence-electron chi connectivity index (χ1n) is 9.34. The van der Waals surface area contributed by atoms with Gasteiger partial charge in [0.05, 0.1) is 27.4 Å². The number of allylic oxidation sites excluding steroid dienone is 2. The molecule has 1 aliphatic heterocycles. The zero-order valence-corrected chi connectivity index (χ0v) is 15.5. The zero-order chi connectivity index (χ0) is 17.4. The predicted molar refractivity (Wildman–Crippen MR) is 94.4 cm³/mol. The van der Waals surface area contributed by atoms with Gasteiger partial charge in [0.2, 0.25) is 0 Å². The van der Waals surface area contributed by atoms with Crippen LogP contribution in [0.4, 0.5) is 0 Å². The summed E-state index contributed by atoms with van der Waals surface area (Å²) in [6.45, 7) is 5.78. The van der Waals surface area contributed by atoms with Crippen LogP contribution in [-0.4, -0.2) is 27.4 Å². The lowest BCUT2D eigenvalue weighted by molar-refractivity contribution is -0.190. The first-order valence-corrected chi connectivity index (χ1v) is 9.34. The number of ether oxygens (including phenoxy) is 4. The molecular weight excluding hydrogens is 316 g/mol. The second kappa shape index (κ2) is 5.01. The molecule has 4 aliphatic carbocycles. The van der Waals surface area contributed by atoms with Crippen LogP contribution >= 0.6 is 0 Å². The highest BCUT2D eigenvalue weighted by molar-refractivity contribution is 5.69. The summed E-state index contributed by atoms with van der Waals surface area (Å²) in [5.41, 5.74) is 5.10. The maximum absolute atomic E-state index is 6.27. The Balaban J connectivity index is 1.93. The van der Waals surface area contributed by atoms with E-state index in [9.17, 15) is 0 Å². The number of rotatable bonds is 2. The van der Waals surface area contributed by atoms with Crippen LogP contribution in [0.1, 0.15) is 54.4 Å². The third-order valence-corrected chi connectivity index (χ3v) is 7.01. The summed E-state index contributed by atoms with van der Waals surface area (Å²) in [4.78, 5) is 0. The highest BCUT2D eigenvalue weighted by atomic mass is 16.7. The first kappa shape index (κ1) is 15.7. The Hall–Kier alpha value is -1.52. The van der Waals surface area contributed by atoms with Gasteiger partial charge in [-0.3, -0.25) is 0 Å². The number of hydrogen-bond donors (Lipinski definition) is 0.